The zero-order valence-corrected chi connectivity index (χ0v) is 14.2. The van der Waals surface area contributed by atoms with Gasteiger partial charge in [0.25, 0.3) is 5.91 Å². The summed E-state index contributed by atoms with van der Waals surface area (Å²) in [4.78, 5) is 46.0. The number of methoxy groups -OCH3 is 2. The van der Waals surface area contributed by atoms with Crippen molar-refractivity contribution in [2.24, 2.45) is 0 Å². The molecule has 1 atom stereocenters. The Balaban J connectivity index is 2.76. The highest BCUT2D eigenvalue weighted by molar-refractivity contribution is 5.97. The summed E-state index contributed by atoms with van der Waals surface area (Å²) < 4.78 is 9.09. The van der Waals surface area contributed by atoms with Gasteiger partial charge in [0.15, 0.2) is 0 Å². The number of amides is 2. The number of hydrogen-bond donors (Lipinski definition) is 2. The minimum Gasteiger partial charge on any atom is -0.467 e. The van der Waals surface area contributed by atoms with Gasteiger partial charge in [-0.25, -0.2) is 9.59 Å². The Morgan fingerprint density at radius 3 is 2.24 bits per heavy atom. The first-order chi connectivity index (χ1) is 11.9. The zero-order valence-electron chi connectivity index (χ0n) is 14.2. The molecule has 0 aliphatic rings. The summed E-state index contributed by atoms with van der Waals surface area (Å²) in [5.74, 6) is -1.92. The number of benzene rings is 1. The molecule has 0 aromatic heterocycles. The molecule has 8 heteroatoms. The first-order valence-corrected chi connectivity index (χ1v) is 7.38. The van der Waals surface area contributed by atoms with Crippen molar-refractivity contribution >= 4 is 29.4 Å². The average Bonchev–Trinajstić information content (AvgIpc) is 2.59. The lowest BCUT2D eigenvalue weighted by Gasteiger charge is -2.15. The number of nitrogens with one attached hydrogen (secondary N) is 2. The number of esters is 2. The van der Waals surface area contributed by atoms with Crippen molar-refractivity contribution in [1.82, 2.24) is 5.32 Å². The predicted molar refractivity (Wildman–Crippen MR) is 89.8 cm³/mol. The molecule has 0 heterocycles. The highest BCUT2D eigenvalue weighted by Crippen LogP contribution is 2.10. The van der Waals surface area contributed by atoms with Crippen LogP contribution in [0, 0.1) is 0 Å². The maximum Gasteiger partial charge on any atom is 0.330 e. The fourth-order valence-electron chi connectivity index (χ4n) is 1.87. The van der Waals surface area contributed by atoms with Crippen LogP contribution in [-0.2, 0) is 23.9 Å². The van der Waals surface area contributed by atoms with Crippen LogP contribution in [0.25, 0.3) is 0 Å². The van der Waals surface area contributed by atoms with Gasteiger partial charge in [0.1, 0.15) is 6.04 Å². The van der Waals surface area contributed by atoms with Gasteiger partial charge in [0, 0.05) is 24.3 Å². The molecule has 8 nitrogen and oxygen atoms in total. The van der Waals surface area contributed by atoms with E-state index in [-0.39, 0.29) is 12.3 Å². The molecule has 134 valence electrons. The van der Waals surface area contributed by atoms with Crippen molar-refractivity contribution in [3.63, 3.8) is 0 Å². The van der Waals surface area contributed by atoms with E-state index in [0.717, 1.165) is 6.08 Å². The molecular weight excluding hydrogens is 328 g/mol. The maximum absolute atomic E-state index is 12.2. The Labute approximate surface area is 145 Å². The van der Waals surface area contributed by atoms with Crippen molar-refractivity contribution in [2.45, 2.75) is 19.4 Å². The molecule has 0 radical (unpaired) electrons. The van der Waals surface area contributed by atoms with Crippen LogP contribution in [0.15, 0.2) is 36.4 Å². The molecule has 0 unspecified atom stereocenters. The van der Waals surface area contributed by atoms with Crippen LogP contribution in [0.2, 0.25) is 0 Å². The van der Waals surface area contributed by atoms with Gasteiger partial charge in [-0.3, -0.25) is 9.59 Å². The largest absolute Gasteiger partial charge is 0.467 e. The number of ether oxygens (including phenoxy) is 2. The van der Waals surface area contributed by atoms with Crippen molar-refractivity contribution in [3.8, 4) is 0 Å². The SMILES string of the molecule is COC(=O)/C=C/C[C@H](NC(=O)c1ccc(NC(C)=O)cc1)C(=O)OC. The van der Waals surface area contributed by atoms with E-state index in [1.807, 2.05) is 0 Å². The Morgan fingerprint density at radius 2 is 1.72 bits per heavy atom. The average molecular weight is 348 g/mol. The van der Waals surface area contributed by atoms with Crippen molar-refractivity contribution in [3.05, 3.63) is 42.0 Å². The molecular formula is C17H20N2O6. The lowest BCUT2D eigenvalue weighted by Crippen LogP contribution is -2.41. The summed E-state index contributed by atoms with van der Waals surface area (Å²) in [7, 11) is 2.44. The van der Waals surface area contributed by atoms with Crippen LogP contribution in [0.1, 0.15) is 23.7 Å². The summed E-state index contributed by atoms with van der Waals surface area (Å²) >= 11 is 0. The molecule has 2 amide bonds. The normalized spacial score (nSPS) is 11.5. The molecule has 0 saturated heterocycles. The molecule has 1 aromatic carbocycles. The molecule has 0 aliphatic heterocycles. The first kappa shape index (κ1) is 19.9. The quantitative estimate of drug-likeness (QED) is 0.562. The number of anilines is 1. The number of rotatable bonds is 7. The maximum atomic E-state index is 12.2. The zero-order chi connectivity index (χ0) is 18.8. The molecule has 0 saturated carbocycles. The van der Waals surface area contributed by atoms with Crippen LogP contribution in [-0.4, -0.2) is 44.0 Å². The van der Waals surface area contributed by atoms with E-state index in [1.54, 1.807) is 12.1 Å². The van der Waals surface area contributed by atoms with E-state index in [9.17, 15) is 19.2 Å². The minimum atomic E-state index is -0.951. The molecule has 1 aromatic rings. The standard InChI is InChI=1S/C17H20N2O6/c1-11(20)18-13-9-7-12(8-10-13)16(22)19-14(17(23)25-3)5-4-6-15(21)24-2/h4,6-10,14H,5H2,1-3H3,(H,18,20)(H,19,22)/b6-4+/t14-/m0/s1. The molecule has 1 rings (SSSR count). The predicted octanol–water partition coefficient (Wildman–Crippen LogP) is 1.04. The summed E-state index contributed by atoms with van der Waals surface area (Å²) in [6.07, 6.45) is 2.63. The van der Waals surface area contributed by atoms with Crippen LogP contribution in [0.3, 0.4) is 0 Å². The van der Waals surface area contributed by atoms with Gasteiger partial charge in [-0.05, 0) is 30.7 Å². The van der Waals surface area contributed by atoms with E-state index in [1.165, 1.54) is 39.4 Å². The number of carbonyl (C=O) groups is 4. The van der Waals surface area contributed by atoms with Gasteiger partial charge in [-0.2, -0.15) is 0 Å². The number of carbonyl (C=O) groups excluding carboxylic acids is 4. The van der Waals surface area contributed by atoms with Gasteiger partial charge in [0.2, 0.25) is 5.91 Å². The third-order valence-corrected chi connectivity index (χ3v) is 3.09. The van der Waals surface area contributed by atoms with Crippen LogP contribution in [0.5, 0.6) is 0 Å². The summed E-state index contributed by atoms with van der Waals surface area (Å²) in [6, 6.07) is 5.22. The van der Waals surface area contributed by atoms with Crippen molar-refractivity contribution < 1.29 is 28.7 Å². The lowest BCUT2D eigenvalue weighted by molar-refractivity contribution is -0.143. The fourth-order valence-corrected chi connectivity index (χ4v) is 1.87. The third-order valence-electron chi connectivity index (χ3n) is 3.09. The third kappa shape index (κ3) is 6.86. The van der Waals surface area contributed by atoms with E-state index in [0.29, 0.717) is 11.3 Å². The second-order valence-electron chi connectivity index (χ2n) is 4.97. The summed E-state index contributed by atoms with van der Waals surface area (Å²) in [6.45, 7) is 1.38. The molecule has 2 N–H and O–H groups in total. The second kappa shape index (κ2) is 9.86. The second-order valence-corrected chi connectivity index (χ2v) is 4.97. The number of hydrogen-bond acceptors (Lipinski definition) is 6. The highest BCUT2D eigenvalue weighted by atomic mass is 16.5. The summed E-state index contributed by atoms with van der Waals surface area (Å²) in [5.41, 5.74) is 0.856. The van der Waals surface area contributed by atoms with Gasteiger partial charge in [0.05, 0.1) is 14.2 Å². The lowest BCUT2D eigenvalue weighted by atomic mass is 10.1. The van der Waals surface area contributed by atoms with Crippen LogP contribution in [0.4, 0.5) is 5.69 Å². The smallest absolute Gasteiger partial charge is 0.330 e. The Hall–Kier alpha value is -3.16. The topological polar surface area (TPSA) is 111 Å². The monoisotopic (exact) mass is 348 g/mol. The molecule has 0 aliphatic carbocycles. The Morgan fingerprint density at radius 1 is 1.08 bits per heavy atom. The van der Waals surface area contributed by atoms with Crippen LogP contribution < -0.4 is 10.6 Å². The van der Waals surface area contributed by atoms with Gasteiger partial charge < -0.3 is 20.1 Å². The van der Waals surface area contributed by atoms with Gasteiger partial charge >= 0.3 is 11.9 Å². The molecule has 0 spiro atoms. The van der Waals surface area contributed by atoms with E-state index >= 15 is 0 Å². The van der Waals surface area contributed by atoms with Gasteiger partial charge in [-0.1, -0.05) is 6.08 Å². The van der Waals surface area contributed by atoms with E-state index in [2.05, 4.69) is 20.1 Å². The Bertz CT molecular complexity index is 666. The van der Waals surface area contributed by atoms with Crippen molar-refractivity contribution in [2.75, 3.05) is 19.5 Å². The van der Waals surface area contributed by atoms with E-state index < -0.39 is 23.9 Å². The van der Waals surface area contributed by atoms with Crippen molar-refractivity contribution in [1.29, 1.82) is 0 Å². The fraction of sp³-hybridized carbons (Fsp3) is 0.294. The molecule has 0 bridgehead atoms. The minimum absolute atomic E-state index is 0.0670. The molecule has 25 heavy (non-hydrogen) atoms. The van der Waals surface area contributed by atoms with Gasteiger partial charge in [-0.15, -0.1) is 0 Å². The Kier molecular flexibility index (Phi) is 7.85. The first-order valence-electron chi connectivity index (χ1n) is 7.38. The van der Waals surface area contributed by atoms with Crippen LogP contribution >= 0.6 is 0 Å². The highest BCUT2D eigenvalue weighted by Gasteiger charge is 2.21. The summed E-state index contributed by atoms with van der Waals surface area (Å²) in [5, 5.41) is 5.12. The molecule has 0 fully saturated rings. The van der Waals surface area contributed by atoms with E-state index in [4.69, 9.17) is 0 Å².